The Hall–Kier alpha value is -2.73. The van der Waals surface area contributed by atoms with Gasteiger partial charge in [0.25, 0.3) is 5.91 Å². The first-order valence-electron chi connectivity index (χ1n) is 7.90. The van der Waals surface area contributed by atoms with Crippen molar-refractivity contribution in [2.75, 3.05) is 6.54 Å². The van der Waals surface area contributed by atoms with E-state index >= 15 is 0 Å². The molecule has 0 bridgehead atoms. The summed E-state index contributed by atoms with van der Waals surface area (Å²) in [6, 6.07) is 14.8. The van der Waals surface area contributed by atoms with Gasteiger partial charge in [-0.05, 0) is 17.7 Å². The third-order valence-electron chi connectivity index (χ3n) is 3.69. The number of hydrazine groups is 1. The van der Waals surface area contributed by atoms with Crippen LogP contribution in [0.5, 0.6) is 0 Å². The predicted molar refractivity (Wildman–Crippen MR) is 91.5 cm³/mol. The zero-order valence-corrected chi connectivity index (χ0v) is 13.7. The minimum absolute atomic E-state index is 0.116. The highest BCUT2D eigenvalue weighted by atomic mass is 16.2. The lowest BCUT2D eigenvalue weighted by atomic mass is 10.0. The van der Waals surface area contributed by atoms with Crippen molar-refractivity contribution >= 4 is 11.8 Å². The van der Waals surface area contributed by atoms with Crippen LogP contribution in [-0.4, -0.2) is 28.4 Å². The van der Waals surface area contributed by atoms with Crippen molar-refractivity contribution in [1.82, 2.24) is 15.3 Å². The molecule has 6 nitrogen and oxygen atoms in total. The summed E-state index contributed by atoms with van der Waals surface area (Å²) in [5, 5.41) is 3.74. The van der Waals surface area contributed by atoms with Crippen LogP contribution in [0.25, 0.3) is 0 Å². The van der Waals surface area contributed by atoms with Gasteiger partial charge in [-0.15, -0.1) is 0 Å². The van der Waals surface area contributed by atoms with Crippen LogP contribution in [-0.2, 0) is 16.0 Å². The molecule has 1 aromatic carbocycles. The Morgan fingerprint density at radius 2 is 1.88 bits per heavy atom. The maximum atomic E-state index is 12.3. The Morgan fingerprint density at radius 1 is 1.17 bits per heavy atom. The molecular formula is C18H22N4O2. The average molecular weight is 326 g/mol. The Morgan fingerprint density at radius 3 is 2.50 bits per heavy atom. The molecule has 1 atom stereocenters. The minimum atomic E-state index is -0.355. The van der Waals surface area contributed by atoms with Crippen LogP contribution in [0.3, 0.4) is 0 Å². The standard InChI is InChI=1S/C18H22N4O2/c1-2-17(23)21-13-18(24)22(19)16(14-8-4-3-5-9-14)12-15-10-6-7-11-20-15/h3-11,16H,2,12-13,19H2,1H3,(H,21,23). The molecule has 0 aliphatic heterocycles. The summed E-state index contributed by atoms with van der Waals surface area (Å²) in [4.78, 5) is 28.0. The second-order valence-corrected chi connectivity index (χ2v) is 5.38. The average Bonchev–Trinajstić information content (AvgIpc) is 2.64. The van der Waals surface area contributed by atoms with Crippen molar-refractivity contribution in [1.29, 1.82) is 0 Å². The SMILES string of the molecule is CCC(=O)NCC(=O)N(N)C(Cc1ccccn1)c1ccccc1. The first-order chi connectivity index (χ1) is 11.6. The monoisotopic (exact) mass is 326 g/mol. The molecule has 3 N–H and O–H groups in total. The van der Waals surface area contributed by atoms with Gasteiger partial charge in [-0.2, -0.15) is 0 Å². The largest absolute Gasteiger partial charge is 0.347 e. The lowest BCUT2D eigenvalue weighted by Gasteiger charge is -2.28. The number of pyridine rings is 1. The Balaban J connectivity index is 2.15. The summed E-state index contributed by atoms with van der Waals surface area (Å²) in [6.45, 7) is 1.61. The highest BCUT2D eigenvalue weighted by molar-refractivity contribution is 5.84. The molecule has 2 aromatic rings. The van der Waals surface area contributed by atoms with Gasteiger partial charge in [0.1, 0.15) is 0 Å². The molecule has 0 radical (unpaired) electrons. The third-order valence-corrected chi connectivity index (χ3v) is 3.69. The van der Waals surface area contributed by atoms with E-state index in [9.17, 15) is 9.59 Å². The van der Waals surface area contributed by atoms with E-state index in [1.165, 1.54) is 5.01 Å². The maximum Gasteiger partial charge on any atom is 0.256 e. The van der Waals surface area contributed by atoms with Crippen LogP contribution in [0.4, 0.5) is 0 Å². The van der Waals surface area contributed by atoms with Gasteiger partial charge in [0, 0.05) is 24.7 Å². The van der Waals surface area contributed by atoms with Gasteiger partial charge in [0.05, 0.1) is 12.6 Å². The number of aromatic nitrogens is 1. The van der Waals surface area contributed by atoms with E-state index in [1.54, 1.807) is 13.1 Å². The molecule has 0 spiro atoms. The molecule has 2 amide bonds. The number of carbonyl (C=O) groups excluding carboxylic acids is 2. The molecule has 1 heterocycles. The summed E-state index contributed by atoms with van der Waals surface area (Å²) >= 11 is 0. The normalized spacial score (nSPS) is 11.6. The lowest BCUT2D eigenvalue weighted by Crippen LogP contribution is -2.46. The van der Waals surface area contributed by atoms with Gasteiger partial charge in [0.15, 0.2) is 0 Å². The Kier molecular flexibility index (Phi) is 6.45. The Labute approximate surface area is 141 Å². The fourth-order valence-electron chi connectivity index (χ4n) is 2.33. The molecule has 0 aliphatic carbocycles. The van der Waals surface area contributed by atoms with Crippen molar-refractivity contribution in [2.45, 2.75) is 25.8 Å². The molecule has 2 rings (SSSR count). The topological polar surface area (TPSA) is 88.3 Å². The van der Waals surface area contributed by atoms with Gasteiger partial charge in [-0.1, -0.05) is 43.3 Å². The van der Waals surface area contributed by atoms with Crippen LogP contribution in [0.2, 0.25) is 0 Å². The number of hydrogen-bond donors (Lipinski definition) is 2. The fourth-order valence-corrected chi connectivity index (χ4v) is 2.33. The number of nitrogens with two attached hydrogens (primary N) is 1. The van der Waals surface area contributed by atoms with Crippen molar-refractivity contribution in [3.8, 4) is 0 Å². The molecule has 1 unspecified atom stereocenters. The predicted octanol–water partition coefficient (Wildman–Crippen LogP) is 1.59. The van der Waals surface area contributed by atoms with E-state index in [1.807, 2.05) is 48.5 Å². The number of carbonyl (C=O) groups is 2. The second kappa shape index (κ2) is 8.79. The van der Waals surface area contributed by atoms with Gasteiger partial charge in [-0.25, -0.2) is 5.84 Å². The van der Waals surface area contributed by atoms with E-state index in [4.69, 9.17) is 5.84 Å². The number of amides is 2. The summed E-state index contributed by atoms with van der Waals surface area (Å²) in [6.07, 6.45) is 2.53. The number of rotatable bonds is 7. The van der Waals surface area contributed by atoms with E-state index in [2.05, 4.69) is 10.3 Å². The molecule has 1 aromatic heterocycles. The van der Waals surface area contributed by atoms with E-state index in [-0.39, 0.29) is 24.4 Å². The fraction of sp³-hybridized carbons (Fsp3) is 0.278. The van der Waals surface area contributed by atoms with Gasteiger partial charge in [-0.3, -0.25) is 19.6 Å². The molecule has 126 valence electrons. The van der Waals surface area contributed by atoms with Crippen molar-refractivity contribution in [2.24, 2.45) is 5.84 Å². The summed E-state index contributed by atoms with van der Waals surface area (Å²) in [5.74, 6) is 5.55. The van der Waals surface area contributed by atoms with E-state index < -0.39 is 0 Å². The second-order valence-electron chi connectivity index (χ2n) is 5.38. The molecule has 24 heavy (non-hydrogen) atoms. The molecule has 0 fully saturated rings. The zero-order chi connectivity index (χ0) is 17.4. The molecule has 0 aliphatic rings. The van der Waals surface area contributed by atoms with Gasteiger partial charge in [0.2, 0.25) is 5.91 Å². The molecule has 6 heteroatoms. The number of benzene rings is 1. The van der Waals surface area contributed by atoms with Crippen LogP contribution >= 0.6 is 0 Å². The van der Waals surface area contributed by atoms with Gasteiger partial charge < -0.3 is 5.32 Å². The van der Waals surface area contributed by atoms with Crippen LogP contribution in [0.15, 0.2) is 54.7 Å². The molecule has 0 saturated heterocycles. The number of nitrogens with zero attached hydrogens (tertiary/aromatic N) is 2. The van der Waals surface area contributed by atoms with Crippen LogP contribution in [0, 0.1) is 0 Å². The zero-order valence-electron chi connectivity index (χ0n) is 13.7. The lowest BCUT2D eigenvalue weighted by molar-refractivity contribution is -0.135. The number of hydrogen-bond acceptors (Lipinski definition) is 4. The van der Waals surface area contributed by atoms with E-state index in [0.717, 1.165) is 11.3 Å². The summed E-state index contributed by atoms with van der Waals surface area (Å²) < 4.78 is 0. The van der Waals surface area contributed by atoms with Crippen molar-refractivity contribution in [3.63, 3.8) is 0 Å². The van der Waals surface area contributed by atoms with E-state index in [0.29, 0.717) is 12.8 Å². The highest BCUT2D eigenvalue weighted by Gasteiger charge is 2.23. The maximum absolute atomic E-state index is 12.3. The number of nitrogens with one attached hydrogen (secondary N) is 1. The first-order valence-corrected chi connectivity index (χ1v) is 7.90. The van der Waals surface area contributed by atoms with Crippen molar-refractivity contribution < 1.29 is 9.59 Å². The van der Waals surface area contributed by atoms with Crippen molar-refractivity contribution in [3.05, 3.63) is 66.0 Å². The van der Waals surface area contributed by atoms with Crippen LogP contribution < -0.4 is 11.2 Å². The quantitative estimate of drug-likeness (QED) is 0.459. The summed E-state index contributed by atoms with van der Waals surface area (Å²) in [7, 11) is 0. The van der Waals surface area contributed by atoms with Crippen LogP contribution in [0.1, 0.15) is 30.6 Å². The molecule has 0 saturated carbocycles. The summed E-state index contributed by atoms with van der Waals surface area (Å²) in [5.41, 5.74) is 1.76. The highest BCUT2D eigenvalue weighted by Crippen LogP contribution is 2.22. The minimum Gasteiger partial charge on any atom is -0.347 e. The smallest absolute Gasteiger partial charge is 0.256 e. The third kappa shape index (κ3) is 4.89. The Bertz CT molecular complexity index is 661. The van der Waals surface area contributed by atoms with Gasteiger partial charge >= 0.3 is 0 Å². The first kappa shape index (κ1) is 17.6. The molecular weight excluding hydrogens is 304 g/mol.